The zero-order valence-corrected chi connectivity index (χ0v) is 19.4. The van der Waals surface area contributed by atoms with Gasteiger partial charge in [0.15, 0.2) is 5.78 Å². The summed E-state index contributed by atoms with van der Waals surface area (Å²) in [6.45, 7) is 2.50. The summed E-state index contributed by atoms with van der Waals surface area (Å²) in [5, 5.41) is 12.4. The van der Waals surface area contributed by atoms with E-state index in [1.165, 1.54) is 19.3 Å². The number of nitrogens with zero attached hydrogens (tertiary/aromatic N) is 1. The molecule has 0 aromatic heterocycles. The lowest BCUT2D eigenvalue weighted by Crippen LogP contribution is -2.48. The van der Waals surface area contributed by atoms with Gasteiger partial charge in [-0.05, 0) is 68.4 Å². The first-order valence-electron chi connectivity index (χ1n) is 12.0. The van der Waals surface area contributed by atoms with Crippen LogP contribution in [0.1, 0.15) is 44.1 Å². The highest BCUT2D eigenvalue weighted by Crippen LogP contribution is 2.33. The maximum Gasteiger partial charge on any atom is 0.262 e. The molecule has 1 heterocycles. The van der Waals surface area contributed by atoms with Crippen LogP contribution in [0.15, 0.2) is 66.4 Å². The minimum absolute atomic E-state index is 0.181. The van der Waals surface area contributed by atoms with Crippen LogP contribution < -0.4 is 16.0 Å². The van der Waals surface area contributed by atoms with Crippen molar-refractivity contribution in [3.63, 3.8) is 0 Å². The van der Waals surface area contributed by atoms with Crippen LogP contribution in [0.5, 0.6) is 0 Å². The molecule has 2 aromatic rings. The lowest BCUT2D eigenvalue weighted by atomic mass is 9.88. The Morgan fingerprint density at radius 3 is 2.47 bits per heavy atom. The molecule has 1 aliphatic heterocycles. The van der Waals surface area contributed by atoms with Gasteiger partial charge in [-0.1, -0.05) is 30.3 Å². The number of hydrogen-bond donors (Lipinski definition) is 3. The second-order valence-corrected chi connectivity index (χ2v) is 9.24. The van der Waals surface area contributed by atoms with Crippen molar-refractivity contribution in [2.45, 2.75) is 56.8 Å². The van der Waals surface area contributed by atoms with Crippen LogP contribution in [0.4, 0.5) is 11.4 Å². The maximum absolute atomic E-state index is 13.1. The van der Waals surface area contributed by atoms with E-state index in [2.05, 4.69) is 10.2 Å². The van der Waals surface area contributed by atoms with E-state index in [4.69, 9.17) is 10.5 Å². The molecule has 0 bridgehead atoms. The molecule has 2 aliphatic rings. The van der Waals surface area contributed by atoms with Crippen LogP contribution in [0, 0.1) is 0 Å². The minimum atomic E-state index is -1.24. The van der Waals surface area contributed by atoms with Gasteiger partial charge in [-0.3, -0.25) is 9.59 Å². The third kappa shape index (κ3) is 5.66. The fourth-order valence-corrected chi connectivity index (χ4v) is 4.76. The Bertz CT molecular complexity index is 1020. The standard InChI is InChI=1S/C27H33N3O4/c28-27(14-13-23(17-27)34-19-20-7-3-1-4-8-20)25(32)24(18-31)26(33)29-21-9-11-22(12-10-21)30-15-5-2-6-16-30/h1,3-4,7-12,18,23,31H,2,5-6,13-17,19,28H2,(H,29,33)/t23-,27?/m1/s1. The van der Waals surface area contributed by atoms with Gasteiger partial charge in [0, 0.05) is 24.5 Å². The summed E-state index contributed by atoms with van der Waals surface area (Å²) in [5.41, 5.74) is 7.53. The number of carbonyl (C=O) groups excluding carboxylic acids is 2. The van der Waals surface area contributed by atoms with E-state index in [1.54, 1.807) is 0 Å². The summed E-state index contributed by atoms with van der Waals surface area (Å²) >= 11 is 0. The number of carbonyl (C=O) groups is 2. The molecule has 1 saturated heterocycles. The topological polar surface area (TPSA) is 105 Å². The fraction of sp³-hybridized carbons (Fsp3) is 0.407. The number of hydrogen-bond acceptors (Lipinski definition) is 6. The summed E-state index contributed by atoms with van der Waals surface area (Å²) in [4.78, 5) is 28.3. The molecule has 2 atom stereocenters. The lowest BCUT2D eigenvalue weighted by Gasteiger charge is -2.28. The van der Waals surface area contributed by atoms with Gasteiger partial charge in [0.05, 0.1) is 24.5 Å². The van der Waals surface area contributed by atoms with Gasteiger partial charge < -0.3 is 25.8 Å². The van der Waals surface area contributed by atoms with Crippen molar-refractivity contribution in [2.24, 2.45) is 5.73 Å². The Morgan fingerprint density at radius 2 is 1.79 bits per heavy atom. The molecule has 7 heteroatoms. The lowest BCUT2D eigenvalue weighted by molar-refractivity contribution is -0.124. The van der Waals surface area contributed by atoms with Crippen molar-refractivity contribution in [1.29, 1.82) is 0 Å². The summed E-state index contributed by atoms with van der Waals surface area (Å²) in [7, 11) is 0. The number of aliphatic hydroxyl groups excluding tert-OH is 1. The van der Waals surface area contributed by atoms with E-state index in [1.807, 2.05) is 54.6 Å². The molecule has 2 aromatic carbocycles. The van der Waals surface area contributed by atoms with Gasteiger partial charge in [0.1, 0.15) is 5.57 Å². The number of nitrogens with two attached hydrogens (primary N) is 1. The number of benzene rings is 2. The quantitative estimate of drug-likeness (QED) is 0.236. The fourth-order valence-electron chi connectivity index (χ4n) is 4.76. The van der Waals surface area contributed by atoms with Crippen molar-refractivity contribution in [3.05, 3.63) is 72.0 Å². The zero-order valence-electron chi connectivity index (χ0n) is 19.4. The Balaban J connectivity index is 1.33. The third-order valence-electron chi connectivity index (χ3n) is 6.75. The molecule has 1 amide bonds. The van der Waals surface area contributed by atoms with E-state index in [-0.39, 0.29) is 11.7 Å². The van der Waals surface area contributed by atoms with Gasteiger partial charge in [-0.2, -0.15) is 0 Å². The van der Waals surface area contributed by atoms with Crippen LogP contribution in [0.25, 0.3) is 0 Å². The highest BCUT2D eigenvalue weighted by molar-refractivity contribution is 6.25. The number of nitrogens with one attached hydrogen (secondary N) is 1. The summed E-state index contributed by atoms with van der Waals surface area (Å²) in [6.07, 6.45) is 5.32. The summed E-state index contributed by atoms with van der Waals surface area (Å²) < 4.78 is 5.95. The predicted molar refractivity (Wildman–Crippen MR) is 133 cm³/mol. The van der Waals surface area contributed by atoms with Gasteiger partial charge in [0.2, 0.25) is 0 Å². The van der Waals surface area contributed by atoms with Crippen molar-refractivity contribution >= 4 is 23.1 Å². The Hall–Kier alpha value is -3.16. The van der Waals surface area contributed by atoms with Crippen LogP contribution >= 0.6 is 0 Å². The van der Waals surface area contributed by atoms with Gasteiger partial charge >= 0.3 is 0 Å². The van der Waals surface area contributed by atoms with E-state index in [0.29, 0.717) is 37.8 Å². The summed E-state index contributed by atoms with van der Waals surface area (Å²) in [6, 6.07) is 17.3. The zero-order chi connectivity index (χ0) is 24.0. The van der Waals surface area contributed by atoms with Crippen LogP contribution in [-0.4, -0.2) is 41.5 Å². The van der Waals surface area contributed by atoms with E-state index in [9.17, 15) is 14.7 Å². The van der Waals surface area contributed by atoms with E-state index in [0.717, 1.165) is 24.3 Å². The number of piperidine rings is 1. The first-order valence-corrected chi connectivity index (χ1v) is 12.0. The highest BCUT2D eigenvalue weighted by atomic mass is 16.5. The predicted octanol–water partition coefficient (Wildman–Crippen LogP) is 4.09. The van der Waals surface area contributed by atoms with Crippen LogP contribution in [0.3, 0.4) is 0 Å². The van der Waals surface area contributed by atoms with Crippen LogP contribution in [0.2, 0.25) is 0 Å². The minimum Gasteiger partial charge on any atom is -0.515 e. The Kier molecular flexibility index (Phi) is 7.65. The number of anilines is 2. The molecule has 4 rings (SSSR count). The molecule has 1 saturated carbocycles. The molecule has 1 aliphatic carbocycles. The molecular formula is C27H33N3O4. The van der Waals surface area contributed by atoms with Crippen molar-refractivity contribution < 1.29 is 19.4 Å². The molecule has 7 nitrogen and oxygen atoms in total. The second-order valence-electron chi connectivity index (χ2n) is 9.24. The van der Waals surface area contributed by atoms with Crippen LogP contribution in [-0.2, 0) is 20.9 Å². The van der Waals surface area contributed by atoms with E-state index >= 15 is 0 Å². The molecule has 34 heavy (non-hydrogen) atoms. The number of ketones is 1. The third-order valence-corrected chi connectivity index (χ3v) is 6.75. The first-order chi connectivity index (χ1) is 16.5. The number of rotatable bonds is 8. The maximum atomic E-state index is 13.1. The van der Waals surface area contributed by atoms with E-state index < -0.39 is 17.2 Å². The number of amides is 1. The Morgan fingerprint density at radius 1 is 1.09 bits per heavy atom. The SMILES string of the molecule is NC1(C(=O)C(=CO)C(=O)Nc2ccc(N3CCCCC3)cc2)CC[C@@H](OCc2ccccc2)C1. The Labute approximate surface area is 200 Å². The van der Waals surface area contributed by atoms with Gasteiger partial charge in [0.25, 0.3) is 5.91 Å². The smallest absolute Gasteiger partial charge is 0.262 e. The highest BCUT2D eigenvalue weighted by Gasteiger charge is 2.45. The largest absolute Gasteiger partial charge is 0.515 e. The number of aliphatic hydroxyl groups is 1. The molecule has 0 spiro atoms. The molecular weight excluding hydrogens is 430 g/mol. The molecule has 0 radical (unpaired) electrons. The average Bonchev–Trinajstić information content (AvgIpc) is 3.27. The normalized spacial score (nSPS) is 23.0. The number of ether oxygens (including phenoxy) is 1. The monoisotopic (exact) mass is 463 g/mol. The molecule has 180 valence electrons. The first kappa shape index (κ1) is 24.0. The van der Waals surface area contributed by atoms with Gasteiger partial charge in [-0.25, -0.2) is 0 Å². The average molecular weight is 464 g/mol. The van der Waals surface area contributed by atoms with Crippen molar-refractivity contribution in [2.75, 3.05) is 23.3 Å². The molecule has 4 N–H and O–H groups in total. The molecule has 1 unspecified atom stereocenters. The second kappa shape index (κ2) is 10.8. The molecule has 2 fully saturated rings. The van der Waals surface area contributed by atoms with Gasteiger partial charge in [-0.15, -0.1) is 0 Å². The van der Waals surface area contributed by atoms with Crippen molar-refractivity contribution in [1.82, 2.24) is 0 Å². The van der Waals surface area contributed by atoms with Crippen molar-refractivity contribution in [3.8, 4) is 0 Å². The summed E-state index contributed by atoms with van der Waals surface area (Å²) in [5.74, 6) is -1.24. The number of Topliss-reactive ketones (excluding diaryl/α,β-unsaturated/α-hetero) is 1.